The second-order valence-electron chi connectivity index (χ2n) is 2.65. The third-order valence-corrected chi connectivity index (χ3v) is 3.61. The molecule has 3 nitrogen and oxygen atoms in total. The van der Waals surface area contributed by atoms with Crippen LogP contribution in [0.3, 0.4) is 0 Å². The summed E-state index contributed by atoms with van der Waals surface area (Å²) in [5.41, 5.74) is 0.721. The summed E-state index contributed by atoms with van der Waals surface area (Å²) in [7, 11) is 1.36. The Labute approximate surface area is 100 Å². The van der Waals surface area contributed by atoms with Crippen molar-refractivity contribution in [1.82, 2.24) is 0 Å². The highest BCUT2D eigenvalue weighted by molar-refractivity contribution is 14.1. The van der Waals surface area contributed by atoms with Gasteiger partial charge in [-0.25, -0.2) is 8.42 Å². The summed E-state index contributed by atoms with van der Waals surface area (Å²) in [5.74, 6) is 0. The van der Waals surface area contributed by atoms with Gasteiger partial charge in [-0.3, -0.25) is 0 Å². The highest BCUT2D eigenvalue weighted by atomic mass is 127. The molecule has 0 heterocycles. The standard InChI is InChI=1S/C8H5ClINO2S/c1-5-2-6(10)3-8(7(5)4-11)14(9,12)13/h2-3H,1H3. The van der Waals surface area contributed by atoms with Crippen LogP contribution in [0.4, 0.5) is 0 Å². The van der Waals surface area contributed by atoms with E-state index in [-0.39, 0.29) is 10.5 Å². The van der Waals surface area contributed by atoms with Crippen molar-refractivity contribution in [2.45, 2.75) is 11.8 Å². The Balaban J connectivity index is 3.68. The molecule has 74 valence electrons. The Morgan fingerprint density at radius 2 is 2.07 bits per heavy atom. The lowest BCUT2D eigenvalue weighted by Crippen LogP contribution is -1.98. The molecule has 0 saturated carbocycles. The molecule has 0 spiro atoms. The van der Waals surface area contributed by atoms with Gasteiger partial charge in [-0.15, -0.1) is 0 Å². The molecule has 0 bridgehead atoms. The van der Waals surface area contributed by atoms with Gasteiger partial charge in [0.1, 0.15) is 11.0 Å². The minimum absolute atomic E-state index is 0.111. The third kappa shape index (κ3) is 2.38. The number of rotatable bonds is 1. The lowest BCUT2D eigenvalue weighted by Gasteiger charge is -2.03. The second kappa shape index (κ2) is 4.04. The van der Waals surface area contributed by atoms with E-state index in [2.05, 4.69) is 0 Å². The normalized spacial score (nSPS) is 11.0. The Morgan fingerprint density at radius 1 is 1.50 bits per heavy atom. The SMILES string of the molecule is Cc1cc(I)cc(S(=O)(=O)Cl)c1C#N. The van der Waals surface area contributed by atoms with Gasteiger partial charge in [0.2, 0.25) is 0 Å². The van der Waals surface area contributed by atoms with Crippen LogP contribution in [0, 0.1) is 21.8 Å². The molecule has 0 aromatic heterocycles. The zero-order chi connectivity index (χ0) is 10.9. The van der Waals surface area contributed by atoms with E-state index in [0.717, 1.165) is 3.57 Å². The minimum atomic E-state index is -3.85. The van der Waals surface area contributed by atoms with Gasteiger partial charge >= 0.3 is 0 Å². The summed E-state index contributed by atoms with van der Waals surface area (Å²) in [4.78, 5) is -0.119. The summed E-state index contributed by atoms with van der Waals surface area (Å²) in [5, 5.41) is 8.78. The van der Waals surface area contributed by atoms with E-state index in [9.17, 15) is 8.42 Å². The fourth-order valence-electron chi connectivity index (χ4n) is 1.05. The number of halogens is 2. The third-order valence-electron chi connectivity index (χ3n) is 1.64. The van der Waals surface area contributed by atoms with Crippen LogP contribution in [0.15, 0.2) is 17.0 Å². The maximum absolute atomic E-state index is 11.1. The van der Waals surface area contributed by atoms with E-state index in [1.165, 1.54) is 6.07 Å². The first-order chi connectivity index (χ1) is 6.36. The van der Waals surface area contributed by atoms with Gasteiger partial charge in [-0.05, 0) is 47.2 Å². The molecular weight excluding hydrogens is 337 g/mol. The maximum Gasteiger partial charge on any atom is 0.262 e. The largest absolute Gasteiger partial charge is 0.262 e. The van der Waals surface area contributed by atoms with E-state index >= 15 is 0 Å². The zero-order valence-corrected chi connectivity index (χ0v) is 10.8. The highest BCUT2D eigenvalue weighted by Gasteiger charge is 2.18. The van der Waals surface area contributed by atoms with Crippen molar-refractivity contribution in [2.24, 2.45) is 0 Å². The van der Waals surface area contributed by atoms with E-state index in [0.29, 0.717) is 5.56 Å². The molecule has 1 rings (SSSR count). The molecule has 14 heavy (non-hydrogen) atoms. The van der Waals surface area contributed by atoms with Crippen LogP contribution in [0.5, 0.6) is 0 Å². The van der Waals surface area contributed by atoms with Gasteiger partial charge < -0.3 is 0 Å². The number of aryl methyl sites for hydroxylation is 1. The molecular formula is C8H5ClINO2S. The van der Waals surface area contributed by atoms with Crippen molar-refractivity contribution in [1.29, 1.82) is 5.26 Å². The van der Waals surface area contributed by atoms with Gasteiger partial charge in [-0.1, -0.05) is 0 Å². The van der Waals surface area contributed by atoms with Crippen molar-refractivity contribution in [2.75, 3.05) is 0 Å². The first-order valence-corrected chi connectivity index (χ1v) is 6.90. The van der Waals surface area contributed by atoms with Gasteiger partial charge in [-0.2, -0.15) is 5.26 Å². The van der Waals surface area contributed by atoms with Crippen molar-refractivity contribution in [3.8, 4) is 6.07 Å². The molecule has 0 fully saturated rings. The van der Waals surface area contributed by atoms with Crippen LogP contribution in [-0.4, -0.2) is 8.42 Å². The molecule has 1 aromatic rings. The number of nitriles is 1. The Bertz CT molecular complexity index is 519. The first kappa shape index (κ1) is 11.8. The minimum Gasteiger partial charge on any atom is -0.207 e. The number of nitrogens with zero attached hydrogens (tertiary/aromatic N) is 1. The van der Waals surface area contributed by atoms with Crippen molar-refractivity contribution < 1.29 is 8.42 Å². The summed E-state index contributed by atoms with van der Waals surface area (Å²) in [6.07, 6.45) is 0. The molecule has 0 saturated heterocycles. The van der Waals surface area contributed by atoms with Crippen molar-refractivity contribution >= 4 is 42.3 Å². The molecule has 0 aliphatic rings. The molecule has 0 N–H and O–H groups in total. The van der Waals surface area contributed by atoms with Crippen LogP contribution in [0.1, 0.15) is 11.1 Å². The highest BCUT2D eigenvalue weighted by Crippen LogP contribution is 2.24. The second-order valence-corrected chi connectivity index (χ2v) is 6.43. The average Bonchev–Trinajstić information content (AvgIpc) is 2.01. The Hall–Kier alpha value is -0.320. The van der Waals surface area contributed by atoms with Crippen LogP contribution in [-0.2, 0) is 9.05 Å². The zero-order valence-electron chi connectivity index (χ0n) is 7.08. The van der Waals surface area contributed by atoms with E-state index < -0.39 is 9.05 Å². The van der Waals surface area contributed by atoms with Gasteiger partial charge in [0.25, 0.3) is 9.05 Å². The summed E-state index contributed by atoms with van der Waals surface area (Å²) in [6.45, 7) is 1.67. The molecule has 0 aliphatic carbocycles. The predicted molar refractivity (Wildman–Crippen MR) is 61.6 cm³/mol. The monoisotopic (exact) mass is 341 g/mol. The lowest BCUT2D eigenvalue weighted by molar-refractivity contribution is 0.609. The van der Waals surface area contributed by atoms with E-state index in [1.54, 1.807) is 13.0 Å². The quantitative estimate of drug-likeness (QED) is 0.582. The van der Waals surface area contributed by atoms with Gasteiger partial charge in [0.05, 0.1) is 5.56 Å². The fourth-order valence-corrected chi connectivity index (χ4v) is 3.12. The van der Waals surface area contributed by atoms with E-state index in [4.69, 9.17) is 15.9 Å². The van der Waals surface area contributed by atoms with Crippen LogP contribution >= 0.6 is 33.3 Å². The number of hydrogen-bond donors (Lipinski definition) is 0. The van der Waals surface area contributed by atoms with Crippen LogP contribution < -0.4 is 0 Å². The van der Waals surface area contributed by atoms with E-state index in [1.807, 2.05) is 28.7 Å². The predicted octanol–water partition coefficient (Wildman–Crippen LogP) is 2.40. The first-order valence-electron chi connectivity index (χ1n) is 3.51. The maximum atomic E-state index is 11.1. The lowest BCUT2D eigenvalue weighted by atomic mass is 10.1. The fraction of sp³-hybridized carbons (Fsp3) is 0.125. The molecule has 6 heteroatoms. The van der Waals surface area contributed by atoms with Crippen LogP contribution in [0.25, 0.3) is 0 Å². The van der Waals surface area contributed by atoms with Crippen LogP contribution in [0.2, 0.25) is 0 Å². The molecule has 0 aliphatic heterocycles. The summed E-state index contributed by atoms with van der Waals surface area (Å²) >= 11 is 1.97. The number of hydrogen-bond acceptors (Lipinski definition) is 3. The van der Waals surface area contributed by atoms with Gasteiger partial charge in [0, 0.05) is 14.3 Å². The summed E-state index contributed by atoms with van der Waals surface area (Å²) in [6, 6.07) is 4.94. The molecule has 1 aromatic carbocycles. The molecule has 0 unspecified atom stereocenters. The molecule has 0 atom stereocenters. The number of benzene rings is 1. The smallest absolute Gasteiger partial charge is 0.207 e. The van der Waals surface area contributed by atoms with Crippen molar-refractivity contribution in [3.05, 3.63) is 26.8 Å². The Morgan fingerprint density at radius 3 is 2.50 bits per heavy atom. The summed E-state index contributed by atoms with van der Waals surface area (Å²) < 4.78 is 23.0. The van der Waals surface area contributed by atoms with Gasteiger partial charge in [0.15, 0.2) is 0 Å². The van der Waals surface area contributed by atoms with Crippen molar-refractivity contribution in [3.63, 3.8) is 0 Å². The topological polar surface area (TPSA) is 57.9 Å². The average molecular weight is 342 g/mol. The molecule has 0 amide bonds. The molecule has 0 radical (unpaired) electrons. The Kier molecular flexibility index (Phi) is 3.40.